The second kappa shape index (κ2) is 6.61. The molecule has 0 saturated carbocycles. The molecule has 3 rings (SSSR count). The van der Waals surface area contributed by atoms with Gasteiger partial charge in [0.1, 0.15) is 5.84 Å². The van der Waals surface area contributed by atoms with E-state index in [1.807, 2.05) is 18.3 Å². The first-order chi connectivity index (χ1) is 11.2. The summed E-state index contributed by atoms with van der Waals surface area (Å²) in [6.07, 6.45) is 8.77. The van der Waals surface area contributed by atoms with Crippen molar-refractivity contribution in [1.82, 2.24) is 4.98 Å². The van der Waals surface area contributed by atoms with Crippen LogP contribution in [0.4, 0.5) is 5.69 Å². The number of rotatable bonds is 4. The Hall–Kier alpha value is -2.68. The van der Waals surface area contributed by atoms with Gasteiger partial charge in [-0.15, -0.1) is 0 Å². The van der Waals surface area contributed by atoms with E-state index in [9.17, 15) is 0 Å². The molecule has 0 unspecified atom stereocenters. The van der Waals surface area contributed by atoms with E-state index in [0.717, 1.165) is 47.3 Å². The molecule has 116 valence electrons. The summed E-state index contributed by atoms with van der Waals surface area (Å²) in [6.45, 7) is 5.91. The van der Waals surface area contributed by atoms with Gasteiger partial charge in [-0.05, 0) is 30.2 Å². The molecule has 0 bridgehead atoms. The number of hydrogen-bond acceptors (Lipinski definition) is 3. The lowest BCUT2D eigenvalue weighted by molar-refractivity contribution is 0.894. The molecule has 0 atom stereocenters. The van der Waals surface area contributed by atoms with Gasteiger partial charge in [0.25, 0.3) is 0 Å². The van der Waals surface area contributed by atoms with Gasteiger partial charge >= 0.3 is 0 Å². The fourth-order valence-corrected chi connectivity index (χ4v) is 2.82. The van der Waals surface area contributed by atoms with Crippen LogP contribution in [0.1, 0.15) is 37.4 Å². The van der Waals surface area contributed by atoms with Crippen molar-refractivity contribution in [2.75, 3.05) is 0 Å². The van der Waals surface area contributed by atoms with Crippen LogP contribution in [0.15, 0.2) is 53.7 Å². The summed E-state index contributed by atoms with van der Waals surface area (Å²) in [6, 6.07) is 10.3. The molecule has 1 aromatic carbocycles. The first-order valence-electron chi connectivity index (χ1n) is 7.95. The largest absolute Gasteiger partial charge is 0.387 e. The molecule has 0 radical (unpaired) electrons. The second-order valence-corrected chi connectivity index (χ2v) is 5.78. The van der Waals surface area contributed by atoms with Gasteiger partial charge < -0.3 is 5.73 Å². The minimum absolute atomic E-state index is 0.681. The lowest BCUT2D eigenvalue weighted by Crippen LogP contribution is -2.11. The van der Waals surface area contributed by atoms with E-state index >= 15 is 0 Å². The average Bonchev–Trinajstić information content (AvgIpc) is 2.72. The molecule has 2 N–H and O–H groups in total. The Morgan fingerprint density at radius 1 is 1.22 bits per heavy atom. The molecule has 0 saturated heterocycles. The van der Waals surface area contributed by atoms with Crippen molar-refractivity contribution >= 4 is 23.7 Å². The number of nitrogens with zero attached hydrogens (tertiary/aromatic N) is 2. The van der Waals surface area contributed by atoms with Crippen LogP contribution in [0.2, 0.25) is 0 Å². The van der Waals surface area contributed by atoms with Crippen molar-refractivity contribution < 1.29 is 0 Å². The van der Waals surface area contributed by atoms with E-state index < -0.39 is 0 Å². The van der Waals surface area contributed by atoms with E-state index in [-0.39, 0.29) is 0 Å². The summed E-state index contributed by atoms with van der Waals surface area (Å²) in [7, 11) is 0. The van der Waals surface area contributed by atoms with Crippen LogP contribution >= 0.6 is 0 Å². The normalized spacial score (nSPS) is 13.6. The van der Waals surface area contributed by atoms with Gasteiger partial charge in [-0.3, -0.25) is 4.98 Å². The van der Waals surface area contributed by atoms with Crippen LogP contribution in [-0.2, 0) is 0 Å². The topological polar surface area (TPSA) is 51.3 Å². The van der Waals surface area contributed by atoms with Crippen LogP contribution < -0.4 is 5.73 Å². The van der Waals surface area contributed by atoms with E-state index in [0.29, 0.717) is 5.84 Å². The summed E-state index contributed by atoms with van der Waals surface area (Å²) >= 11 is 0. The molecule has 2 aromatic rings. The Labute approximate surface area is 137 Å². The molecule has 1 aromatic heterocycles. The van der Waals surface area contributed by atoms with Crippen LogP contribution in [0.3, 0.4) is 0 Å². The van der Waals surface area contributed by atoms with Gasteiger partial charge in [-0.1, -0.05) is 49.8 Å². The fraction of sp³-hybridized carbons (Fsp3) is 0.200. The van der Waals surface area contributed by atoms with Gasteiger partial charge in [0.15, 0.2) is 0 Å². The number of nitrogens with two attached hydrogens (primary N) is 1. The number of pyridine rings is 1. The Bertz CT molecular complexity index is 783. The van der Waals surface area contributed by atoms with Crippen molar-refractivity contribution in [3.8, 4) is 11.1 Å². The number of aliphatic imine (C=N–C) groups is 1. The third-order valence-electron chi connectivity index (χ3n) is 3.96. The first-order valence-corrected chi connectivity index (χ1v) is 7.95. The maximum atomic E-state index is 6.08. The fourth-order valence-electron chi connectivity index (χ4n) is 2.82. The van der Waals surface area contributed by atoms with E-state index in [1.165, 1.54) is 5.57 Å². The minimum Gasteiger partial charge on any atom is -0.387 e. The summed E-state index contributed by atoms with van der Waals surface area (Å²) in [5.41, 5.74) is 12.5. The molecule has 23 heavy (non-hydrogen) atoms. The van der Waals surface area contributed by atoms with Gasteiger partial charge in [-0.2, -0.15) is 0 Å². The lowest BCUT2D eigenvalue weighted by Gasteiger charge is -2.06. The van der Waals surface area contributed by atoms with Gasteiger partial charge in [0, 0.05) is 23.7 Å². The number of amidine groups is 1. The van der Waals surface area contributed by atoms with Crippen molar-refractivity contribution in [3.05, 3.63) is 59.9 Å². The van der Waals surface area contributed by atoms with Crippen LogP contribution in [0, 0.1) is 0 Å². The summed E-state index contributed by atoms with van der Waals surface area (Å²) in [5.74, 6) is 0.681. The highest BCUT2D eigenvalue weighted by Crippen LogP contribution is 2.32. The number of aromatic nitrogens is 1. The Balaban J connectivity index is 2.01. The molecular weight excluding hydrogens is 282 g/mol. The lowest BCUT2D eigenvalue weighted by atomic mass is 10.0. The highest BCUT2D eigenvalue weighted by molar-refractivity contribution is 5.90. The zero-order valence-corrected chi connectivity index (χ0v) is 13.4. The molecular formula is C20H21N3. The van der Waals surface area contributed by atoms with Crippen LogP contribution in [-0.4, -0.2) is 10.8 Å². The van der Waals surface area contributed by atoms with Crippen molar-refractivity contribution in [2.45, 2.75) is 26.2 Å². The van der Waals surface area contributed by atoms with Gasteiger partial charge in [0.2, 0.25) is 0 Å². The summed E-state index contributed by atoms with van der Waals surface area (Å²) in [4.78, 5) is 8.96. The molecule has 1 aliphatic heterocycles. The minimum atomic E-state index is 0.681. The van der Waals surface area contributed by atoms with Crippen LogP contribution in [0.25, 0.3) is 23.3 Å². The zero-order chi connectivity index (χ0) is 16.2. The number of hydrogen-bond donors (Lipinski definition) is 1. The monoisotopic (exact) mass is 303 g/mol. The predicted octanol–water partition coefficient (Wildman–Crippen LogP) is 4.97. The summed E-state index contributed by atoms with van der Waals surface area (Å²) < 4.78 is 0. The zero-order valence-electron chi connectivity index (χ0n) is 13.4. The standard InChI is InChI=1S/C20H21N3/c1-3-5-14-10-16-7-6-15(12-19(16)23-20(21)11-14)17-8-9-18(4-2)22-13-17/h4,6-10,12-13H,2-3,5,11H2,1H3,(H2,21,23). The third kappa shape index (κ3) is 3.39. The van der Waals surface area contributed by atoms with E-state index in [4.69, 9.17) is 5.73 Å². The molecule has 3 nitrogen and oxygen atoms in total. The SMILES string of the molecule is C=Cc1ccc(-c2ccc3c(c2)N=C(N)CC(CCC)=C3)cn1. The van der Waals surface area contributed by atoms with Gasteiger partial charge in [0.05, 0.1) is 11.4 Å². The molecule has 0 fully saturated rings. The highest BCUT2D eigenvalue weighted by atomic mass is 14.9. The maximum Gasteiger partial charge on any atom is 0.104 e. The Morgan fingerprint density at radius 2 is 2.04 bits per heavy atom. The Morgan fingerprint density at radius 3 is 2.74 bits per heavy atom. The smallest absolute Gasteiger partial charge is 0.104 e. The van der Waals surface area contributed by atoms with Crippen molar-refractivity contribution in [2.24, 2.45) is 10.7 Å². The molecule has 0 spiro atoms. The van der Waals surface area contributed by atoms with Gasteiger partial charge in [-0.25, -0.2) is 4.99 Å². The quantitative estimate of drug-likeness (QED) is 0.867. The third-order valence-corrected chi connectivity index (χ3v) is 3.96. The number of fused-ring (bicyclic) bond motifs is 1. The van der Waals surface area contributed by atoms with Crippen molar-refractivity contribution in [3.63, 3.8) is 0 Å². The second-order valence-electron chi connectivity index (χ2n) is 5.78. The van der Waals surface area contributed by atoms with E-state index in [2.05, 4.69) is 47.8 Å². The first kappa shape index (κ1) is 15.2. The molecule has 0 amide bonds. The summed E-state index contributed by atoms with van der Waals surface area (Å²) in [5, 5.41) is 0. The maximum absolute atomic E-state index is 6.08. The van der Waals surface area contributed by atoms with Crippen LogP contribution in [0.5, 0.6) is 0 Å². The van der Waals surface area contributed by atoms with E-state index in [1.54, 1.807) is 6.08 Å². The number of benzene rings is 1. The molecule has 1 aliphatic rings. The highest BCUT2D eigenvalue weighted by Gasteiger charge is 2.11. The molecule has 2 heterocycles. The average molecular weight is 303 g/mol. The molecule has 0 aliphatic carbocycles. The van der Waals surface area contributed by atoms with Crippen molar-refractivity contribution in [1.29, 1.82) is 0 Å². The molecule has 3 heteroatoms. The predicted molar refractivity (Wildman–Crippen MR) is 98.5 cm³/mol. The Kier molecular flexibility index (Phi) is 4.38.